The molecular formula is C12H17N3O2S. The van der Waals surface area contributed by atoms with Gasteiger partial charge in [0.1, 0.15) is 11.6 Å². The Hall–Kier alpha value is -1.04. The monoisotopic (exact) mass is 267 g/mol. The Balaban J connectivity index is 1.84. The fourth-order valence-corrected chi connectivity index (χ4v) is 3.91. The Morgan fingerprint density at radius 3 is 2.78 bits per heavy atom. The molecule has 2 aliphatic rings. The number of carboxylic acids is 1. The molecule has 0 radical (unpaired) electrons. The van der Waals surface area contributed by atoms with Crippen LogP contribution in [0, 0.1) is 5.92 Å². The zero-order chi connectivity index (χ0) is 12.5. The number of fused-ring (bicyclic) bond motifs is 1. The van der Waals surface area contributed by atoms with E-state index in [-0.39, 0.29) is 5.92 Å². The van der Waals surface area contributed by atoms with Crippen molar-refractivity contribution in [1.82, 2.24) is 14.8 Å². The molecule has 18 heavy (non-hydrogen) atoms. The lowest BCUT2D eigenvalue weighted by Gasteiger charge is -2.25. The fourth-order valence-electron chi connectivity index (χ4n) is 2.81. The molecule has 3 heterocycles. The summed E-state index contributed by atoms with van der Waals surface area (Å²) in [4.78, 5) is 11.1. The van der Waals surface area contributed by atoms with E-state index in [0.29, 0.717) is 18.9 Å². The van der Waals surface area contributed by atoms with Crippen molar-refractivity contribution in [2.45, 2.75) is 38.1 Å². The third kappa shape index (κ3) is 2.13. The summed E-state index contributed by atoms with van der Waals surface area (Å²) in [5, 5.41) is 17.7. The van der Waals surface area contributed by atoms with Crippen LogP contribution in [0.25, 0.3) is 0 Å². The number of aliphatic carboxylic acids is 1. The van der Waals surface area contributed by atoms with Crippen LogP contribution in [0.5, 0.6) is 0 Å². The molecule has 3 rings (SSSR count). The minimum Gasteiger partial charge on any atom is -0.481 e. The average Bonchev–Trinajstić information content (AvgIpc) is 2.82. The molecule has 0 bridgehead atoms. The van der Waals surface area contributed by atoms with Crippen LogP contribution in [-0.2, 0) is 17.8 Å². The molecule has 98 valence electrons. The van der Waals surface area contributed by atoms with Crippen molar-refractivity contribution < 1.29 is 9.90 Å². The summed E-state index contributed by atoms with van der Waals surface area (Å²) >= 11 is 1.99. The first kappa shape index (κ1) is 12.0. The Kier molecular flexibility index (Phi) is 3.28. The Morgan fingerprint density at radius 2 is 2.06 bits per heavy atom. The second-order valence-electron chi connectivity index (χ2n) is 5.05. The molecule has 1 fully saturated rings. The molecule has 1 atom stereocenters. The maximum Gasteiger partial charge on any atom is 0.308 e. The van der Waals surface area contributed by atoms with Gasteiger partial charge in [-0.15, -0.1) is 10.2 Å². The van der Waals surface area contributed by atoms with E-state index in [0.717, 1.165) is 30.9 Å². The predicted octanol–water partition coefficient (Wildman–Crippen LogP) is 1.54. The Morgan fingerprint density at radius 1 is 1.28 bits per heavy atom. The number of hydrogen-bond acceptors (Lipinski definition) is 4. The summed E-state index contributed by atoms with van der Waals surface area (Å²) in [6, 6.07) is 0. The van der Waals surface area contributed by atoms with Crippen molar-refractivity contribution in [3.05, 3.63) is 11.6 Å². The van der Waals surface area contributed by atoms with Gasteiger partial charge in [0.15, 0.2) is 0 Å². The molecule has 0 spiro atoms. The van der Waals surface area contributed by atoms with E-state index in [1.54, 1.807) is 0 Å². The first-order valence-corrected chi connectivity index (χ1v) is 7.63. The van der Waals surface area contributed by atoms with Crippen LogP contribution >= 0.6 is 11.8 Å². The largest absolute Gasteiger partial charge is 0.481 e. The average molecular weight is 267 g/mol. The molecule has 0 amide bonds. The van der Waals surface area contributed by atoms with Crippen LogP contribution in [0.2, 0.25) is 0 Å². The van der Waals surface area contributed by atoms with E-state index in [2.05, 4.69) is 14.8 Å². The highest BCUT2D eigenvalue weighted by Gasteiger charge is 2.30. The number of carboxylic acid groups (broad SMARTS) is 1. The predicted molar refractivity (Wildman–Crippen MR) is 68.8 cm³/mol. The van der Waals surface area contributed by atoms with Crippen molar-refractivity contribution in [3.8, 4) is 0 Å². The minimum atomic E-state index is -0.695. The van der Waals surface area contributed by atoms with Crippen LogP contribution in [0.3, 0.4) is 0 Å². The lowest BCUT2D eigenvalue weighted by Crippen LogP contribution is -2.28. The summed E-state index contributed by atoms with van der Waals surface area (Å²) in [5.74, 6) is 3.85. The highest BCUT2D eigenvalue weighted by atomic mass is 32.2. The van der Waals surface area contributed by atoms with Gasteiger partial charge in [-0.3, -0.25) is 4.79 Å². The van der Waals surface area contributed by atoms with Crippen molar-refractivity contribution >= 4 is 17.7 Å². The molecule has 1 saturated heterocycles. The van der Waals surface area contributed by atoms with E-state index in [1.165, 1.54) is 11.5 Å². The van der Waals surface area contributed by atoms with Gasteiger partial charge < -0.3 is 9.67 Å². The standard InChI is InChI=1S/C12H17N3O2S/c16-12(17)9-1-2-10-13-14-11(15(10)7-9)8-3-5-18-6-4-8/h8-9H,1-7H2,(H,16,17). The van der Waals surface area contributed by atoms with Gasteiger partial charge in [-0.1, -0.05) is 0 Å². The van der Waals surface area contributed by atoms with Crippen molar-refractivity contribution in [3.63, 3.8) is 0 Å². The zero-order valence-electron chi connectivity index (χ0n) is 10.2. The Bertz CT molecular complexity index is 454. The molecule has 0 saturated carbocycles. The summed E-state index contributed by atoms with van der Waals surface area (Å²) in [5.41, 5.74) is 0. The summed E-state index contributed by atoms with van der Waals surface area (Å²) < 4.78 is 2.07. The SMILES string of the molecule is O=C(O)C1CCc2nnc(C3CCSCC3)n2C1. The first-order chi connectivity index (χ1) is 8.75. The van der Waals surface area contributed by atoms with Crippen LogP contribution in [0.4, 0.5) is 0 Å². The van der Waals surface area contributed by atoms with E-state index < -0.39 is 5.97 Å². The number of rotatable bonds is 2. The van der Waals surface area contributed by atoms with Crippen molar-refractivity contribution in [1.29, 1.82) is 0 Å². The Labute approximate surface area is 110 Å². The van der Waals surface area contributed by atoms with E-state index in [1.807, 2.05) is 11.8 Å². The van der Waals surface area contributed by atoms with Gasteiger partial charge in [-0.2, -0.15) is 11.8 Å². The van der Waals surface area contributed by atoms with Gasteiger partial charge in [0.2, 0.25) is 0 Å². The van der Waals surface area contributed by atoms with Crippen LogP contribution < -0.4 is 0 Å². The molecule has 6 heteroatoms. The molecule has 1 aromatic heterocycles. The smallest absolute Gasteiger partial charge is 0.308 e. The molecule has 0 aliphatic carbocycles. The number of nitrogens with zero attached hydrogens (tertiary/aromatic N) is 3. The van der Waals surface area contributed by atoms with Crippen LogP contribution in [0.1, 0.15) is 36.8 Å². The zero-order valence-corrected chi connectivity index (χ0v) is 11.0. The van der Waals surface area contributed by atoms with Gasteiger partial charge >= 0.3 is 5.97 Å². The third-order valence-electron chi connectivity index (χ3n) is 3.91. The maximum atomic E-state index is 11.1. The summed E-state index contributed by atoms with van der Waals surface area (Å²) in [6.07, 6.45) is 3.71. The van der Waals surface area contributed by atoms with Gasteiger partial charge in [-0.05, 0) is 30.8 Å². The van der Waals surface area contributed by atoms with E-state index in [9.17, 15) is 4.79 Å². The third-order valence-corrected chi connectivity index (χ3v) is 4.96. The quantitative estimate of drug-likeness (QED) is 0.880. The number of aryl methyl sites for hydroxylation is 1. The number of hydrogen-bond donors (Lipinski definition) is 1. The second kappa shape index (κ2) is 4.91. The van der Waals surface area contributed by atoms with Gasteiger partial charge in [0.25, 0.3) is 0 Å². The minimum absolute atomic E-state index is 0.273. The normalized spacial score (nSPS) is 24.8. The fraction of sp³-hybridized carbons (Fsp3) is 0.750. The molecule has 5 nitrogen and oxygen atoms in total. The number of thioether (sulfide) groups is 1. The molecule has 2 aliphatic heterocycles. The molecular weight excluding hydrogens is 250 g/mol. The molecule has 1 N–H and O–H groups in total. The topological polar surface area (TPSA) is 68.0 Å². The molecule has 1 aromatic rings. The number of aromatic nitrogens is 3. The van der Waals surface area contributed by atoms with Crippen molar-refractivity contribution in [2.24, 2.45) is 5.92 Å². The van der Waals surface area contributed by atoms with Gasteiger partial charge in [-0.25, -0.2) is 0 Å². The van der Waals surface area contributed by atoms with Crippen molar-refractivity contribution in [2.75, 3.05) is 11.5 Å². The molecule has 1 unspecified atom stereocenters. The lowest BCUT2D eigenvalue weighted by molar-refractivity contribution is -0.142. The first-order valence-electron chi connectivity index (χ1n) is 6.48. The van der Waals surface area contributed by atoms with Crippen LogP contribution in [-0.4, -0.2) is 37.3 Å². The number of carbonyl (C=O) groups is 1. The lowest BCUT2D eigenvalue weighted by atomic mass is 9.97. The van der Waals surface area contributed by atoms with Gasteiger partial charge in [0.05, 0.1) is 5.92 Å². The van der Waals surface area contributed by atoms with Gasteiger partial charge in [0, 0.05) is 18.9 Å². The summed E-state index contributed by atoms with van der Waals surface area (Å²) in [7, 11) is 0. The van der Waals surface area contributed by atoms with E-state index in [4.69, 9.17) is 5.11 Å². The molecule has 0 aromatic carbocycles. The maximum absolute atomic E-state index is 11.1. The highest BCUT2D eigenvalue weighted by Crippen LogP contribution is 2.32. The highest BCUT2D eigenvalue weighted by molar-refractivity contribution is 7.99. The summed E-state index contributed by atoms with van der Waals surface area (Å²) in [6.45, 7) is 0.552. The van der Waals surface area contributed by atoms with Crippen LogP contribution in [0.15, 0.2) is 0 Å². The van der Waals surface area contributed by atoms with E-state index >= 15 is 0 Å². The second-order valence-corrected chi connectivity index (χ2v) is 6.27.